The molecule has 4 N–H and O–H groups in total. The van der Waals surface area contributed by atoms with Gasteiger partial charge < -0.3 is 26.2 Å². The maximum absolute atomic E-state index is 12.1. The maximum atomic E-state index is 12.1. The Labute approximate surface area is 179 Å². The van der Waals surface area contributed by atoms with Gasteiger partial charge in [-0.2, -0.15) is 15.0 Å². The normalized spacial score (nSPS) is 22.6. The standard InChI is InChI=1S/C21H36N8O/c1-2-18(30)15-3-9-27(10-4-15)19-24-20(28-11-5-16(22)6-12-28)26-21(25-19)29-13-7-17(23)8-14-29/h15-17H,2-14,22-23H2,1H3. The summed E-state index contributed by atoms with van der Waals surface area (Å²) in [6.45, 7) is 7.09. The zero-order valence-corrected chi connectivity index (χ0v) is 18.2. The molecule has 9 heteroatoms. The highest BCUT2D eigenvalue weighted by Gasteiger charge is 2.28. The van der Waals surface area contributed by atoms with E-state index in [4.69, 9.17) is 26.4 Å². The summed E-state index contributed by atoms with van der Waals surface area (Å²) in [4.78, 5) is 33.4. The zero-order valence-electron chi connectivity index (χ0n) is 18.2. The number of nitrogens with zero attached hydrogens (tertiary/aromatic N) is 6. The number of rotatable bonds is 5. The van der Waals surface area contributed by atoms with E-state index in [9.17, 15) is 4.79 Å². The zero-order chi connectivity index (χ0) is 21.1. The molecular weight excluding hydrogens is 380 g/mol. The molecule has 0 saturated carbocycles. The lowest BCUT2D eigenvalue weighted by Gasteiger charge is -2.35. The first kappa shape index (κ1) is 21.2. The Morgan fingerprint density at radius 3 is 1.40 bits per heavy atom. The molecule has 4 rings (SSSR count). The summed E-state index contributed by atoms with van der Waals surface area (Å²) in [5.41, 5.74) is 12.2. The van der Waals surface area contributed by atoms with Crippen LogP contribution >= 0.6 is 0 Å². The van der Waals surface area contributed by atoms with Crippen LogP contribution in [0.5, 0.6) is 0 Å². The molecule has 0 spiro atoms. The predicted molar refractivity (Wildman–Crippen MR) is 119 cm³/mol. The van der Waals surface area contributed by atoms with E-state index in [0.717, 1.165) is 95.6 Å². The number of carbonyl (C=O) groups excluding carboxylic acids is 1. The van der Waals surface area contributed by atoms with Crippen LogP contribution in [0.15, 0.2) is 0 Å². The van der Waals surface area contributed by atoms with E-state index in [1.807, 2.05) is 6.92 Å². The van der Waals surface area contributed by atoms with Gasteiger partial charge in [-0.25, -0.2) is 0 Å². The van der Waals surface area contributed by atoms with Crippen molar-refractivity contribution >= 4 is 23.6 Å². The Morgan fingerprint density at radius 2 is 1.07 bits per heavy atom. The molecule has 3 aliphatic heterocycles. The SMILES string of the molecule is CCC(=O)C1CCN(c2nc(N3CCC(N)CC3)nc(N3CCC(N)CC3)n2)CC1. The van der Waals surface area contributed by atoms with Crippen molar-refractivity contribution in [2.24, 2.45) is 17.4 Å². The van der Waals surface area contributed by atoms with Crippen molar-refractivity contribution in [3.8, 4) is 0 Å². The number of hydrogen-bond acceptors (Lipinski definition) is 9. The summed E-state index contributed by atoms with van der Waals surface area (Å²) in [5, 5.41) is 0. The monoisotopic (exact) mass is 416 g/mol. The second-order valence-electron chi connectivity index (χ2n) is 8.97. The number of ketones is 1. The molecule has 0 aromatic carbocycles. The highest BCUT2D eigenvalue weighted by atomic mass is 16.1. The summed E-state index contributed by atoms with van der Waals surface area (Å²) in [6.07, 6.45) is 6.21. The van der Waals surface area contributed by atoms with Crippen LogP contribution in [0.3, 0.4) is 0 Å². The Hall–Kier alpha value is -2.00. The third-order valence-electron chi connectivity index (χ3n) is 6.83. The van der Waals surface area contributed by atoms with Gasteiger partial charge in [-0.15, -0.1) is 0 Å². The van der Waals surface area contributed by atoms with Gasteiger partial charge in [0.2, 0.25) is 17.8 Å². The number of carbonyl (C=O) groups is 1. The van der Waals surface area contributed by atoms with Gasteiger partial charge in [-0.1, -0.05) is 6.92 Å². The number of nitrogens with two attached hydrogens (primary N) is 2. The number of piperidine rings is 3. The highest BCUT2D eigenvalue weighted by Crippen LogP contribution is 2.27. The van der Waals surface area contributed by atoms with E-state index in [-0.39, 0.29) is 18.0 Å². The second-order valence-corrected chi connectivity index (χ2v) is 8.97. The molecule has 0 bridgehead atoms. The van der Waals surface area contributed by atoms with Crippen LogP contribution in [0.2, 0.25) is 0 Å². The van der Waals surface area contributed by atoms with Gasteiger partial charge in [0.25, 0.3) is 0 Å². The fourth-order valence-corrected chi connectivity index (χ4v) is 4.66. The molecule has 3 aliphatic rings. The minimum atomic E-state index is 0.180. The van der Waals surface area contributed by atoms with Crippen molar-refractivity contribution in [2.45, 2.75) is 64.0 Å². The predicted octanol–water partition coefficient (Wildman–Crippen LogP) is 0.922. The van der Waals surface area contributed by atoms with E-state index in [1.54, 1.807) is 0 Å². The van der Waals surface area contributed by atoms with Gasteiger partial charge >= 0.3 is 0 Å². The Morgan fingerprint density at radius 1 is 0.733 bits per heavy atom. The number of aromatic nitrogens is 3. The van der Waals surface area contributed by atoms with E-state index in [0.29, 0.717) is 12.2 Å². The summed E-state index contributed by atoms with van der Waals surface area (Å²) >= 11 is 0. The number of Topliss-reactive ketones (excluding diaryl/α,β-unsaturated/α-hetero) is 1. The smallest absolute Gasteiger partial charge is 0.231 e. The number of anilines is 3. The molecule has 0 atom stereocenters. The minimum absolute atomic E-state index is 0.180. The Bertz CT molecular complexity index is 679. The van der Waals surface area contributed by atoms with Crippen LogP contribution in [0.4, 0.5) is 17.8 Å². The van der Waals surface area contributed by atoms with E-state index < -0.39 is 0 Å². The molecule has 0 aliphatic carbocycles. The molecule has 0 radical (unpaired) electrons. The largest absolute Gasteiger partial charge is 0.341 e. The van der Waals surface area contributed by atoms with Crippen LogP contribution in [0, 0.1) is 5.92 Å². The van der Waals surface area contributed by atoms with Crippen LogP contribution in [-0.2, 0) is 4.79 Å². The fraction of sp³-hybridized carbons (Fsp3) is 0.810. The van der Waals surface area contributed by atoms with Crippen molar-refractivity contribution in [3.05, 3.63) is 0 Å². The molecule has 1 aromatic rings. The van der Waals surface area contributed by atoms with E-state index in [1.165, 1.54) is 0 Å². The molecule has 3 saturated heterocycles. The molecule has 9 nitrogen and oxygen atoms in total. The molecule has 30 heavy (non-hydrogen) atoms. The molecule has 4 heterocycles. The minimum Gasteiger partial charge on any atom is -0.341 e. The first-order valence-corrected chi connectivity index (χ1v) is 11.6. The molecule has 0 unspecified atom stereocenters. The van der Waals surface area contributed by atoms with Crippen molar-refractivity contribution in [1.29, 1.82) is 0 Å². The van der Waals surface area contributed by atoms with Crippen LogP contribution in [0.1, 0.15) is 51.9 Å². The highest BCUT2D eigenvalue weighted by molar-refractivity contribution is 5.80. The van der Waals surface area contributed by atoms with Gasteiger partial charge in [0.15, 0.2) is 0 Å². The third-order valence-corrected chi connectivity index (χ3v) is 6.83. The van der Waals surface area contributed by atoms with Crippen molar-refractivity contribution in [3.63, 3.8) is 0 Å². The van der Waals surface area contributed by atoms with Gasteiger partial charge in [-0.05, 0) is 38.5 Å². The average Bonchev–Trinajstić information content (AvgIpc) is 2.79. The van der Waals surface area contributed by atoms with Gasteiger partial charge in [0, 0.05) is 63.7 Å². The van der Waals surface area contributed by atoms with Gasteiger partial charge in [0.05, 0.1) is 0 Å². The number of hydrogen-bond donors (Lipinski definition) is 2. The molecular formula is C21H36N8O. The van der Waals surface area contributed by atoms with Gasteiger partial charge in [-0.3, -0.25) is 4.79 Å². The summed E-state index contributed by atoms with van der Waals surface area (Å²) < 4.78 is 0. The van der Waals surface area contributed by atoms with Crippen molar-refractivity contribution in [1.82, 2.24) is 15.0 Å². The molecule has 0 amide bonds. The molecule has 1 aromatic heterocycles. The van der Waals surface area contributed by atoms with Gasteiger partial charge in [0.1, 0.15) is 5.78 Å². The second kappa shape index (κ2) is 9.43. The van der Waals surface area contributed by atoms with E-state index >= 15 is 0 Å². The summed E-state index contributed by atoms with van der Waals surface area (Å²) in [7, 11) is 0. The Balaban J connectivity index is 1.55. The summed E-state index contributed by atoms with van der Waals surface area (Å²) in [5.74, 6) is 2.80. The lowest BCUT2D eigenvalue weighted by atomic mass is 9.91. The van der Waals surface area contributed by atoms with Crippen LogP contribution in [0.25, 0.3) is 0 Å². The van der Waals surface area contributed by atoms with E-state index in [2.05, 4.69) is 14.7 Å². The fourth-order valence-electron chi connectivity index (χ4n) is 4.66. The lowest BCUT2D eigenvalue weighted by Crippen LogP contribution is -2.43. The van der Waals surface area contributed by atoms with Crippen molar-refractivity contribution < 1.29 is 4.79 Å². The Kier molecular flexibility index (Phi) is 6.67. The topological polar surface area (TPSA) is 118 Å². The van der Waals surface area contributed by atoms with Crippen molar-refractivity contribution in [2.75, 3.05) is 54.0 Å². The first-order valence-electron chi connectivity index (χ1n) is 11.6. The summed E-state index contributed by atoms with van der Waals surface area (Å²) in [6, 6.07) is 0.529. The molecule has 3 fully saturated rings. The third kappa shape index (κ3) is 4.83. The molecule has 166 valence electrons. The quantitative estimate of drug-likeness (QED) is 0.722. The van der Waals surface area contributed by atoms with Crippen LogP contribution < -0.4 is 26.2 Å². The maximum Gasteiger partial charge on any atom is 0.231 e. The van der Waals surface area contributed by atoms with Crippen LogP contribution in [-0.4, -0.2) is 72.1 Å². The average molecular weight is 417 g/mol. The lowest BCUT2D eigenvalue weighted by molar-refractivity contribution is -0.123. The first-order chi connectivity index (χ1) is 14.5.